The SMILES string of the molecule is C1=CCCC(c2ccc3c4c2-c2ccccc2B4CCc2cccc4c2N3c2cccc3c2B4c2ccc(-c4ccccc4)cc2-3)=C1. The molecule has 4 aliphatic heterocycles. The van der Waals surface area contributed by atoms with Crippen LogP contribution in [0.1, 0.15) is 24.0 Å². The molecule has 6 aromatic carbocycles. The summed E-state index contributed by atoms with van der Waals surface area (Å²) in [5.74, 6) is 0. The van der Waals surface area contributed by atoms with Crippen LogP contribution in [0.4, 0.5) is 17.1 Å². The minimum absolute atomic E-state index is 0.242. The summed E-state index contributed by atoms with van der Waals surface area (Å²) in [5, 5.41) is 0. The lowest BCUT2D eigenvalue weighted by atomic mass is 9.36. The highest BCUT2D eigenvalue weighted by molar-refractivity contribution is 7.01. The van der Waals surface area contributed by atoms with Crippen molar-refractivity contribution in [1.82, 2.24) is 0 Å². The molecule has 0 fully saturated rings. The van der Waals surface area contributed by atoms with Crippen LogP contribution in [0.25, 0.3) is 39.0 Å². The Hall–Kier alpha value is -5.27. The van der Waals surface area contributed by atoms with Crippen molar-refractivity contribution in [3.63, 3.8) is 0 Å². The highest BCUT2D eigenvalue weighted by Gasteiger charge is 2.46. The molecule has 4 heterocycles. The average Bonchev–Trinajstić information content (AvgIpc) is 3.64. The molecular weight excluding hydrogens is 564 g/mol. The topological polar surface area (TPSA) is 3.24 Å². The van der Waals surface area contributed by atoms with Gasteiger partial charge in [0.15, 0.2) is 0 Å². The van der Waals surface area contributed by atoms with E-state index in [-0.39, 0.29) is 6.71 Å². The Labute approximate surface area is 277 Å². The number of fused-ring (bicyclic) bond motifs is 9. The molecule has 0 unspecified atom stereocenters. The van der Waals surface area contributed by atoms with Crippen LogP contribution in [0.3, 0.4) is 0 Å². The zero-order valence-corrected chi connectivity index (χ0v) is 26.2. The Balaban J connectivity index is 1.20. The Morgan fingerprint density at radius 3 is 2.30 bits per heavy atom. The minimum atomic E-state index is 0.242. The number of rotatable bonds is 2. The van der Waals surface area contributed by atoms with Gasteiger partial charge in [-0.05, 0) is 104 Å². The van der Waals surface area contributed by atoms with Crippen molar-refractivity contribution in [1.29, 1.82) is 0 Å². The first-order chi connectivity index (χ1) is 23.3. The minimum Gasteiger partial charge on any atom is -0.312 e. The molecule has 1 aliphatic carbocycles. The van der Waals surface area contributed by atoms with Crippen molar-refractivity contribution in [2.24, 2.45) is 0 Å². The summed E-state index contributed by atoms with van der Waals surface area (Å²) in [6, 6.07) is 46.4. The van der Waals surface area contributed by atoms with E-state index in [2.05, 4.69) is 144 Å². The monoisotopic (exact) mass is 595 g/mol. The zero-order valence-electron chi connectivity index (χ0n) is 26.2. The van der Waals surface area contributed by atoms with Gasteiger partial charge in [-0.3, -0.25) is 0 Å². The lowest BCUT2D eigenvalue weighted by molar-refractivity contribution is 1.05. The van der Waals surface area contributed by atoms with Crippen molar-refractivity contribution in [2.45, 2.75) is 25.6 Å². The van der Waals surface area contributed by atoms with Gasteiger partial charge in [0.25, 0.3) is 0 Å². The van der Waals surface area contributed by atoms with Gasteiger partial charge in [0.1, 0.15) is 0 Å². The highest BCUT2D eigenvalue weighted by atomic mass is 15.2. The Morgan fingerprint density at radius 2 is 1.38 bits per heavy atom. The first-order valence-corrected chi connectivity index (χ1v) is 17.2. The second kappa shape index (κ2) is 9.62. The van der Waals surface area contributed by atoms with Crippen LogP contribution in [0.2, 0.25) is 6.32 Å². The van der Waals surface area contributed by atoms with Crippen LogP contribution in [0, 0.1) is 0 Å². The van der Waals surface area contributed by atoms with Gasteiger partial charge in [-0.1, -0.05) is 139 Å². The van der Waals surface area contributed by atoms with Gasteiger partial charge in [-0.15, -0.1) is 0 Å². The van der Waals surface area contributed by atoms with E-state index in [1.54, 1.807) is 0 Å². The highest BCUT2D eigenvalue weighted by Crippen LogP contribution is 2.46. The maximum absolute atomic E-state index is 2.68. The Morgan fingerprint density at radius 1 is 0.553 bits per heavy atom. The van der Waals surface area contributed by atoms with Gasteiger partial charge in [0, 0.05) is 17.1 Å². The molecule has 0 radical (unpaired) electrons. The number of hydrogen-bond donors (Lipinski definition) is 0. The van der Waals surface area contributed by atoms with E-state index in [1.807, 2.05) is 0 Å². The third-order valence-electron chi connectivity index (χ3n) is 11.5. The van der Waals surface area contributed by atoms with E-state index >= 15 is 0 Å². The fourth-order valence-electron chi connectivity index (χ4n) is 9.63. The van der Waals surface area contributed by atoms with Gasteiger partial charge in [0.05, 0.1) is 0 Å². The number of para-hydroxylation sites is 1. The van der Waals surface area contributed by atoms with Crippen molar-refractivity contribution >= 4 is 63.4 Å². The van der Waals surface area contributed by atoms with Crippen LogP contribution in [-0.2, 0) is 6.42 Å². The summed E-state index contributed by atoms with van der Waals surface area (Å²) in [4.78, 5) is 2.68. The molecule has 47 heavy (non-hydrogen) atoms. The molecule has 6 aromatic rings. The molecule has 3 heteroatoms. The number of hydrogen-bond acceptors (Lipinski definition) is 1. The summed E-state index contributed by atoms with van der Waals surface area (Å²) in [6.45, 7) is 0.624. The van der Waals surface area contributed by atoms with Gasteiger partial charge in [-0.2, -0.15) is 0 Å². The third-order valence-corrected chi connectivity index (χ3v) is 11.5. The summed E-state index contributed by atoms with van der Waals surface area (Å²) in [5.41, 5.74) is 24.0. The van der Waals surface area contributed by atoms with Crippen molar-refractivity contribution < 1.29 is 0 Å². The molecule has 1 nitrogen and oxygen atoms in total. The van der Waals surface area contributed by atoms with Gasteiger partial charge in [0.2, 0.25) is 13.4 Å². The predicted molar refractivity (Wildman–Crippen MR) is 202 cm³/mol. The number of allylic oxidation sites excluding steroid dienone is 4. The van der Waals surface area contributed by atoms with Crippen molar-refractivity contribution in [3.05, 3.63) is 151 Å². The van der Waals surface area contributed by atoms with E-state index in [0.717, 1.165) is 25.6 Å². The van der Waals surface area contributed by atoms with Gasteiger partial charge < -0.3 is 4.90 Å². The molecule has 0 saturated heterocycles. The molecule has 218 valence electrons. The summed E-state index contributed by atoms with van der Waals surface area (Å²) in [7, 11) is 0. The number of nitrogens with zero attached hydrogens (tertiary/aromatic N) is 1. The molecule has 11 rings (SSSR count). The van der Waals surface area contributed by atoms with Crippen LogP contribution in [0.5, 0.6) is 0 Å². The van der Waals surface area contributed by atoms with E-state index in [9.17, 15) is 0 Å². The second-order valence-electron chi connectivity index (χ2n) is 13.8. The normalized spacial score (nSPS) is 15.7. The van der Waals surface area contributed by atoms with Crippen LogP contribution < -0.4 is 32.2 Å². The van der Waals surface area contributed by atoms with Crippen molar-refractivity contribution in [3.8, 4) is 33.4 Å². The molecule has 0 atom stereocenters. The zero-order chi connectivity index (χ0) is 30.6. The maximum Gasteiger partial charge on any atom is 0.248 e. The lowest BCUT2D eigenvalue weighted by Gasteiger charge is -2.40. The third kappa shape index (κ3) is 3.47. The first kappa shape index (κ1) is 25.9. The molecule has 0 N–H and O–H groups in total. The number of anilines is 3. The predicted octanol–water partition coefficient (Wildman–Crippen LogP) is 7.51. The standard InChI is InChI=1S/C44H31B2N/c1-3-11-28(12-4-1)31-21-23-37-35(27-31)33-17-10-20-39-42(33)46(37)38-19-9-15-30-25-26-45-36-18-8-7-16-34(36)41-32(29-13-5-2-6-14-29)22-24-40(43(41)45)47(39)44(30)38/h1-5,7-13,15-24,27H,6,14,25-26H2. The molecule has 5 aliphatic rings. The maximum atomic E-state index is 2.68. The van der Waals surface area contributed by atoms with Crippen LogP contribution >= 0.6 is 0 Å². The quantitative estimate of drug-likeness (QED) is 0.187. The summed E-state index contributed by atoms with van der Waals surface area (Å²) in [6.07, 6.45) is 11.3. The van der Waals surface area contributed by atoms with Crippen LogP contribution in [-0.4, -0.2) is 13.4 Å². The molecule has 0 amide bonds. The smallest absolute Gasteiger partial charge is 0.248 e. The Bertz CT molecular complexity index is 2380. The number of aryl methyl sites for hydroxylation is 1. The second-order valence-corrected chi connectivity index (χ2v) is 13.8. The van der Waals surface area contributed by atoms with Crippen molar-refractivity contribution in [2.75, 3.05) is 4.90 Å². The fourth-order valence-corrected chi connectivity index (χ4v) is 9.63. The molecule has 0 spiro atoms. The first-order valence-electron chi connectivity index (χ1n) is 17.2. The Kier molecular flexibility index (Phi) is 5.30. The average molecular weight is 595 g/mol. The van der Waals surface area contributed by atoms with E-state index in [0.29, 0.717) is 6.71 Å². The molecular formula is C44H31B2N. The van der Waals surface area contributed by atoms with E-state index in [1.165, 1.54) is 94.5 Å². The van der Waals surface area contributed by atoms with Gasteiger partial charge >= 0.3 is 0 Å². The lowest BCUT2D eigenvalue weighted by Crippen LogP contribution is -2.56. The molecule has 0 aromatic heterocycles. The van der Waals surface area contributed by atoms with Crippen LogP contribution in [0.15, 0.2) is 140 Å². The fraction of sp³-hybridized carbons (Fsp3) is 0.0909. The largest absolute Gasteiger partial charge is 0.312 e. The van der Waals surface area contributed by atoms with E-state index in [4.69, 9.17) is 0 Å². The summed E-state index contributed by atoms with van der Waals surface area (Å²) < 4.78 is 0. The number of benzene rings is 6. The summed E-state index contributed by atoms with van der Waals surface area (Å²) >= 11 is 0. The molecule has 0 bridgehead atoms. The van der Waals surface area contributed by atoms with Gasteiger partial charge in [-0.25, -0.2) is 0 Å². The van der Waals surface area contributed by atoms with E-state index < -0.39 is 0 Å². The molecule has 0 saturated carbocycles.